The minimum atomic E-state index is -0.322. The van der Waals surface area contributed by atoms with Gasteiger partial charge in [-0.05, 0) is 36.6 Å². The summed E-state index contributed by atoms with van der Waals surface area (Å²) in [5.74, 6) is 1.42. The second-order valence-electron chi connectivity index (χ2n) is 5.81. The van der Waals surface area contributed by atoms with Crippen LogP contribution in [-0.4, -0.2) is 16.6 Å². The first kappa shape index (κ1) is 14.6. The first-order valence-corrected chi connectivity index (χ1v) is 7.50. The van der Waals surface area contributed by atoms with Crippen molar-refractivity contribution in [3.63, 3.8) is 0 Å². The molecule has 4 heteroatoms. The Kier molecular flexibility index (Phi) is 4.09. The number of hydrogen-bond acceptors (Lipinski definition) is 2. The smallest absolute Gasteiger partial charge is 0.138 e. The number of aromatic nitrogens is 2. The number of para-hydroxylation sites is 2. The third-order valence-electron chi connectivity index (χ3n) is 3.50. The summed E-state index contributed by atoms with van der Waals surface area (Å²) < 4.78 is 19.5. The highest BCUT2D eigenvalue weighted by Gasteiger charge is 2.09. The van der Waals surface area contributed by atoms with Crippen molar-refractivity contribution in [2.24, 2.45) is 5.92 Å². The van der Waals surface area contributed by atoms with Gasteiger partial charge in [-0.1, -0.05) is 26.0 Å². The molecule has 0 unspecified atom stereocenters. The number of halogens is 1. The minimum Gasteiger partial charge on any atom is -0.493 e. The Hall–Kier alpha value is -2.36. The number of ether oxygens (including phenoxy) is 1. The number of benzene rings is 2. The maximum atomic E-state index is 13.8. The first-order valence-electron chi connectivity index (χ1n) is 7.50. The SMILES string of the molecule is CC(C)CCOc1cc(F)cc(-c2nc3ccccc3[nH]2)c1. The lowest BCUT2D eigenvalue weighted by Crippen LogP contribution is -2.01. The summed E-state index contributed by atoms with van der Waals surface area (Å²) >= 11 is 0. The van der Waals surface area contributed by atoms with E-state index in [-0.39, 0.29) is 5.82 Å². The molecule has 0 fully saturated rings. The summed E-state index contributed by atoms with van der Waals surface area (Å²) in [4.78, 5) is 7.70. The topological polar surface area (TPSA) is 37.9 Å². The second-order valence-corrected chi connectivity index (χ2v) is 5.81. The monoisotopic (exact) mass is 298 g/mol. The van der Waals surface area contributed by atoms with E-state index in [4.69, 9.17) is 4.74 Å². The Morgan fingerprint density at radius 3 is 2.77 bits per heavy atom. The first-order chi connectivity index (χ1) is 10.6. The average molecular weight is 298 g/mol. The van der Waals surface area contributed by atoms with Gasteiger partial charge in [-0.2, -0.15) is 0 Å². The summed E-state index contributed by atoms with van der Waals surface area (Å²) in [6, 6.07) is 12.4. The molecule has 3 aromatic rings. The third kappa shape index (κ3) is 3.27. The van der Waals surface area contributed by atoms with Crippen molar-refractivity contribution in [2.75, 3.05) is 6.61 Å². The van der Waals surface area contributed by atoms with Gasteiger partial charge in [-0.3, -0.25) is 0 Å². The molecule has 0 saturated carbocycles. The van der Waals surface area contributed by atoms with E-state index in [9.17, 15) is 4.39 Å². The van der Waals surface area contributed by atoms with E-state index in [1.54, 1.807) is 0 Å². The van der Waals surface area contributed by atoms with Crippen LogP contribution < -0.4 is 4.74 Å². The average Bonchev–Trinajstić information content (AvgIpc) is 2.90. The number of fused-ring (bicyclic) bond motifs is 1. The van der Waals surface area contributed by atoms with Crippen molar-refractivity contribution in [1.82, 2.24) is 9.97 Å². The van der Waals surface area contributed by atoms with Crippen molar-refractivity contribution < 1.29 is 9.13 Å². The van der Waals surface area contributed by atoms with Crippen molar-refractivity contribution in [2.45, 2.75) is 20.3 Å². The zero-order valence-corrected chi connectivity index (χ0v) is 12.8. The molecule has 1 heterocycles. The summed E-state index contributed by atoms with van der Waals surface area (Å²) in [7, 11) is 0. The maximum Gasteiger partial charge on any atom is 0.138 e. The molecule has 22 heavy (non-hydrogen) atoms. The predicted octanol–water partition coefficient (Wildman–Crippen LogP) is 4.79. The van der Waals surface area contributed by atoms with Gasteiger partial charge in [-0.25, -0.2) is 9.37 Å². The standard InChI is InChI=1S/C18H19FN2O/c1-12(2)7-8-22-15-10-13(9-14(19)11-15)18-20-16-5-3-4-6-17(16)21-18/h3-6,9-12H,7-8H2,1-2H3,(H,20,21). The third-order valence-corrected chi connectivity index (χ3v) is 3.50. The van der Waals surface area contributed by atoms with E-state index >= 15 is 0 Å². The van der Waals surface area contributed by atoms with E-state index in [1.807, 2.05) is 30.3 Å². The van der Waals surface area contributed by atoms with Gasteiger partial charge < -0.3 is 9.72 Å². The Morgan fingerprint density at radius 1 is 1.18 bits per heavy atom. The number of imidazole rings is 1. The van der Waals surface area contributed by atoms with Crippen LogP contribution in [0.5, 0.6) is 5.75 Å². The second kappa shape index (κ2) is 6.18. The van der Waals surface area contributed by atoms with Gasteiger partial charge in [0, 0.05) is 11.6 Å². The van der Waals surface area contributed by atoms with Gasteiger partial charge in [0.05, 0.1) is 17.6 Å². The molecule has 1 aromatic heterocycles. The van der Waals surface area contributed by atoms with Crippen molar-refractivity contribution in [1.29, 1.82) is 0 Å². The molecule has 3 rings (SSSR count). The van der Waals surface area contributed by atoms with E-state index in [1.165, 1.54) is 12.1 Å². The van der Waals surface area contributed by atoms with Crippen LogP contribution in [0, 0.1) is 11.7 Å². The fraction of sp³-hybridized carbons (Fsp3) is 0.278. The molecule has 0 bridgehead atoms. The molecule has 3 nitrogen and oxygen atoms in total. The molecule has 0 aliphatic rings. The number of H-pyrrole nitrogens is 1. The van der Waals surface area contributed by atoms with Gasteiger partial charge in [0.15, 0.2) is 0 Å². The van der Waals surface area contributed by atoms with Crippen LogP contribution in [0.1, 0.15) is 20.3 Å². The molecule has 0 radical (unpaired) electrons. The predicted molar refractivity (Wildman–Crippen MR) is 86.4 cm³/mol. The summed E-state index contributed by atoms with van der Waals surface area (Å²) in [5.41, 5.74) is 2.49. The van der Waals surface area contributed by atoms with E-state index in [2.05, 4.69) is 23.8 Å². The molecule has 0 atom stereocenters. The lowest BCUT2D eigenvalue weighted by molar-refractivity contribution is 0.288. The maximum absolute atomic E-state index is 13.8. The molecule has 0 amide bonds. The lowest BCUT2D eigenvalue weighted by atomic mass is 10.1. The zero-order valence-electron chi connectivity index (χ0n) is 12.8. The number of aromatic amines is 1. The number of hydrogen-bond donors (Lipinski definition) is 1. The van der Waals surface area contributed by atoms with Gasteiger partial charge in [-0.15, -0.1) is 0 Å². The van der Waals surface area contributed by atoms with Crippen molar-refractivity contribution in [3.8, 4) is 17.1 Å². The Balaban J connectivity index is 1.88. The highest BCUT2D eigenvalue weighted by molar-refractivity contribution is 5.79. The van der Waals surface area contributed by atoms with Crippen LogP contribution in [-0.2, 0) is 0 Å². The molecule has 0 aliphatic heterocycles. The number of rotatable bonds is 5. The highest BCUT2D eigenvalue weighted by Crippen LogP contribution is 2.26. The quantitative estimate of drug-likeness (QED) is 0.735. The molecule has 0 saturated heterocycles. The molecular formula is C18H19FN2O. The fourth-order valence-electron chi connectivity index (χ4n) is 2.28. The summed E-state index contributed by atoms with van der Waals surface area (Å²) in [6.45, 7) is 4.85. The van der Waals surface area contributed by atoms with E-state index in [0.29, 0.717) is 29.7 Å². The normalized spacial score (nSPS) is 11.3. The van der Waals surface area contributed by atoms with Crippen LogP contribution in [0.25, 0.3) is 22.4 Å². The minimum absolute atomic E-state index is 0.322. The molecule has 0 spiro atoms. The summed E-state index contributed by atoms with van der Waals surface area (Å²) in [5, 5.41) is 0. The fourth-order valence-corrected chi connectivity index (χ4v) is 2.28. The molecule has 1 N–H and O–H groups in total. The molecular weight excluding hydrogens is 279 g/mol. The van der Waals surface area contributed by atoms with Crippen LogP contribution >= 0.6 is 0 Å². The molecule has 114 valence electrons. The van der Waals surface area contributed by atoms with Crippen molar-refractivity contribution >= 4 is 11.0 Å². The lowest BCUT2D eigenvalue weighted by Gasteiger charge is -2.09. The van der Waals surface area contributed by atoms with Gasteiger partial charge in [0.2, 0.25) is 0 Å². The summed E-state index contributed by atoms with van der Waals surface area (Å²) in [6.07, 6.45) is 0.941. The van der Waals surface area contributed by atoms with Crippen LogP contribution in [0.3, 0.4) is 0 Å². The largest absolute Gasteiger partial charge is 0.493 e. The Bertz CT molecular complexity index is 747. The van der Waals surface area contributed by atoms with Crippen LogP contribution in [0.4, 0.5) is 4.39 Å². The van der Waals surface area contributed by atoms with Gasteiger partial charge >= 0.3 is 0 Å². The highest BCUT2D eigenvalue weighted by atomic mass is 19.1. The van der Waals surface area contributed by atoms with Crippen molar-refractivity contribution in [3.05, 3.63) is 48.3 Å². The van der Waals surface area contributed by atoms with Gasteiger partial charge in [0.25, 0.3) is 0 Å². The molecule has 0 aliphatic carbocycles. The van der Waals surface area contributed by atoms with Crippen LogP contribution in [0.15, 0.2) is 42.5 Å². The number of nitrogens with one attached hydrogen (secondary N) is 1. The van der Waals surface area contributed by atoms with E-state index in [0.717, 1.165) is 17.5 Å². The van der Waals surface area contributed by atoms with Gasteiger partial charge in [0.1, 0.15) is 17.4 Å². The molecule has 2 aromatic carbocycles. The van der Waals surface area contributed by atoms with Crippen LogP contribution in [0.2, 0.25) is 0 Å². The Morgan fingerprint density at radius 2 is 2.00 bits per heavy atom. The van der Waals surface area contributed by atoms with E-state index < -0.39 is 0 Å². The Labute approximate surface area is 129 Å². The zero-order chi connectivity index (χ0) is 15.5. The number of nitrogens with zero attached hydrogens (tertiary/aromatic N) is 1.